The molecule has 1 fully saturated rings. The molecule has 1 aromatic heterocycles. The Morgan fingerprint density at radius 1 is 1.07 bits per heavy atom. The standard InChI is InChI=1S/C20H24ClN3O2S/c21-17-5-3-15(4-6-17)12-22-19(25)20(26)23-13-16-7-9-24(10-8-16)14-18-2-1-11-27-18/h1-6,11,16H,7-10,12-14H2,(H,22,25)(H,23,26). The average molecular weight is 406 g/mol. The zero-order valence-electron chi connectivity index (χ0n) is 15.1. The van der Waals surface area contributed by atoms with Crippen molar-refractivity contribution in [3.8, 4) is 0 Å². The number of hydrogen-bond acceptors (Lipinski definition) is 4. The number of carbonyl (C=O) groups is 2. The Morgan fingerprint density at radius 3 is 2.44 bits per heavy atom. The Hall–Kier alpha value is -1.89. The van der Waals surface area contributed by atoms with Gasteiger partial charge in [0.2, 0.25) is 0 Å². The molecule has 2 N–H and O–H groups in total. The predicted molar refractivity (Wildman–Crippen MR) is 109 cm³/mol. The molecule has 2 amide bonds. The van der Waals surface area contributed by atoms with E-state index in [-0.39, 0.29) is 0 Å². The molecule has 5 nitrogen and oxygen atoms in total. The van der Waals surface area contributed by atoms with Crippen LogP contribution in [0.4, 0.5) is 0 Å². The van der Waals surface area contributed by atoms with Crippen LogP contribution >= 0.6 is 22.9 Å². The van der Waals surface area contributed by atoms with Gasteiger partial charge in [-0.2, -0.15) is 0 Å². The number of benzene rings is 1. The molecule has 0 spiro atoms. The molecule has 0 atom stereocenters. The fraction of sp³-hybridized carbons (Fsp3) is 0.400. The molecular weight excluding hydrogens is 382 g/mol. The van der Waals surface area contributed by atoms with Crippen LogP contribution < -0.4 is 10.6 Å². The summed E-state index contributed by atoms with van der Waals surface area (Å²) < 4.78 is 0. The van der Waals surface area contributed by atoms with Crippen molar-refractivity contribution in [3.05, 3.63) is 57.2 Å². The largest absolute Gasteiger partial charge is 0.348 e. The second-order valence-corrected chi connectivity index (χ2v) is 8.29. The van der Waals surface area contributed by atoms with Gasteiger partial charge in [0.25, 0.3) is 0 Å². The third-order valence-electron chi connectivity index (χ3n) is 4.79. The van der Waals surface area contributed by atoms with Gasteiger partial charge in [-0.15, -0.1) is 11.3 Å². The van der Waals surface area contributed by atoms with E-state index in [9.17, 15) is 9.59 Å². The van der Waals surface area contributed by atoms with Crippen LogP contribution in [0.1, 0.15) is 23.3 Å². The number of halogens is 1. The zero-order valence-corrected chi connectivity index (χ0v) is 16.7. The number of hydrogen-bond donors (Lipinski definition) is 2. The van der Waals surface area contributed by atoms with Gasteiger partial charge in [0.1, 0.15) is 0 Å². The Morgan fingerprint density at radius 2 is 1.78 bits per heavy atom. The van der Waals surface area contributed by atoms with Crippen molar-refractivity contribution in [2.24, 2.45) is 5.92 Å². The highest BCUT2D eigenvalue weighted by molar-refractivity contribution is 7.09. The third-order valence-corrected chi connectivity index (χ3v) is 5.90. The molecule has 1 aromatic carbocycles. The molecule has 1 aliphatic rings. The second kappa shape index (κ2) is 9.88. The molecule has 2 aromatic rings. The van der Waals surface area contributed by atoms with Crippen molar-refractivity contribution < 1.29 is 9.59 Å². The van der Waals surface area contributed by atoms with Crippen molar-refractivity contribution in [1.29, 1.82) is 0 Å². The van der Waals surface area contributed by atoms with Crippen molar-refractivity contribution in [3.63, 3.8) is 0 Å². The summed E-state index contributed by atoms with van der Waals surface area (Å²) in [6.45, 7) is 3.93. The number of rotatable bonds is 6. The second-order valence-electron chi connectivity index (χ2n) is 6.82. The first kappa shape index (κ1) is 19.9. The summed E-state index contributed by atoms with van der Waals surface area (Å²) in [6.07, 6.45) is 2.08. The van der Waals surface area contributed by atoms with Crippen LogP contribution in [-0.2, 0) is 22.7 Å². The molecular formula is C20H24ClN3O2S. The van der Waals surface area contributed by atoms with Gasteiger partial charge in [0, 0.05) is 29.5 Å². The van der Waals surface area contributed by atoms with Crippen LogP contribution in [0, 0.1) is 5.92 Å². The molecule has 1 saturated heterocycles. The lowest BCUT2D eigenvalue weighted by atomic mass is 9.97. The van der Waals surface area contributed by atoms with Crippen LogP contribution in [-0.4, -0.2) is 36.3 Å². The van der Waals surface area contributed by atoms with E-state index >= 15 is 0 Å². The van der Waals surface area contributed by atoms with Gasteiger partial charge in [0.05, 0.1) is 0 Å². The van der Waals surface area contributed by atoms with E-state index < -0.39 is 11.8 Å². The van der Waals surface area contributed by atoms with Gasteiger partial charge >= 0.3 is 11.8 Å². The SMILES string of the molecule is O=C(NCc1ccc(Cl)cc1)C(=O)NCC1CCN(Cc2cccs2)CC1. The molecule has 2 heterocycles. The average Bonchev–Trinajstić information content (AvgIpc) is 3.19. The van der Waals surface area contributed by atoms with Crippen molar-refractivity contribution in [1.82, 2.24) is 15.5 Å². The van der Waals surface area contributed by atoms with Gasteiger partial charge in [0.15, 0.2) is 0 Å². The summed E-state index contributed by atoms with van der Waals surface area (Å²) in [7, 11) is 0. The maximum Gasteiger partial charge on any atom is 0.309 e. The molecule has 0 aliphatic carbocycles. The van der Waals surface area contributed by atoms with Crippen molar-refractivity contribution >= 4 is 34.8 Å². The lowest BCUT2D eigenvalue weighted by Crippen LogP contribution is -2.43. The first-order chi connectivity index (χ1) is 13.1. The summed E-state index contributed by atoms with van der Waals surface area (Å²) in [5.41, 5.74) is 0.902. The highest BCUT2D eigenvalue weighted by Gasteiger charge is 2.21. The zero-order chi connectivity index (χ0) is 19.1. The Bertz CT molecular complexity index is 741. The van der Waals surface area contributed by atoms with Gasteiger partial charge < -0.3 is 10.6 Å². The van der Waals surface area contributed by atoms with Gasteiger partial charge in [-0.1, -0.05) is 29.8 Å². The Labute approximate surface area is 168 Å². The molecule has 0 radical (unpaired) electrons. The number of thiophene rings is 1. The van der Waals surface area contributed by atoms with Crippen LogP contribution in [0.25, 0.3) is 0 Å². The van der Waals surface area contributed by atoms with E-state index in [1.54, 1.807) is 23.5 Å². The van der Waals surface area contributed by atoms with Gasteiger partial charge in [-0.05, 0) is 61.0 Å². The first-order valence-corrected chi connectivity index (χ1v) is 10.4. The molecule has 0 bridgehead atoms. The fourth-order valence-electron chi connectivity index (χ4n) is 3.15. The molecule has 1 aliphatic heterocycles. The quantitative estimate of drug-likeness (QED) is 0.726. The minimum atomic E-state index is -0.597. The molecule has 3 rings (SSSR count). The summed E-state index contributed by atoms with van der Waals surface area (Å²) in [6, 6.07) is 11.4. The molecule has 7 heteroatoms. The summed E-state index contributed by atoms with van der Waals surface area (Å²) >= 11 is 7.62. The number of nitrogens with zero attached hydrogens (tertiary/aromatic N) is 1. The smallest absolute Gasteiger partial charge is 0.309 e. The molecule has 0 unspecified atom stereocenters. The van der Waals surface area contributed by atoms with E-state index in [4.69, 9.17) is 11.6 Å². The monoisotopic (exact) mass is 405 g/mol. The molecule has 0 saturated carbocycles. The van der Waals surface area contributed by atoms with Crippen molar-refractivity contribution in [2.75, 3.05) is 19.6 Å². The highest BCUT2D eigenvalue weighted by Crippen LogP contribution is 2.20. The topological polar surface area (TPSA) is 61.4 Å². The van der Waals surface area contributed by atoms with E-state index in [0.29, 0.717) is 24.0 Å². The number of amides is 2. The van der Waals surface area contributed by atoms with Gasteiger partial charge in [-0.3, -0.25) is 14.5 Å². The number of nitrogens with one attached hydrogen (secondary N) is 2. The minimum absolute atomic E-state index is 0.310. The van der Waals surface area contributed by atoms with Crippen LogP contribution in [0.5, 0.6) is 0 Å². The lowest BCUT2D eigenvalue weighted by molar-refractivity contribution is -0.139. The van der Waals surface area contributed by atoms with E-state index in [1.807, 2.05) is 12.1 Å². The Balaban J connectivity index is 1.33. The minimum Gasteiger partial charge on any atom is -0.348 e. The number of carbonyl (C=O) groups excluding carboxylic acids is 2. The summed E-state index contributed by atoms with van der Waals surface area (Å²) in [5, 5.41) is 8.16. The normalized spacial score (nSPS) is 15.4. The fourth-order valence-corrected chi connectivity index (χ4v) is 4.03. The van der Waals surface area contributed by atoms with E-state index in [0.717, 1.165) is 38.0 Å². The van der Waals surface area contributed by atoms with Gasteiger partial charge in [-0.25, -0.2) is 0 Å². The van der Waals surface area contributed by atoms with Crippen LogP contribution in [0.15, 0.2) is 41.8 Å². The van der Waals surface area contributed by atoms with Crippen molar-refractivity contribution in [2.45, 2.75) is 25.9 Å². The summed E-state index contributed by atoms with van der Waals surface area (Å²) in [4.78, 5) is 27.7. The maximum atomic E-state index is 12.0. The number of likely N-dealkylation sites (tertiary alicyclic amines) is 1. The van der Waals surface area contributed by atoms with E-state index in [2.05, 4.69) is 33.0 Å². The lowest BCUT2D eigenvalue weighted by Gasteiger charge is -2.31. The third kappa shape index (κ3) is 6.34. The van der Waals surface area contributed by atoms with E-state index in [1.165, 1.54) is 4.88 Å². The van der Waals surface area contributed by atoms with Crippen LogP contribution in [0.2, 0.25) is 5.02 Å². The Kier molecular flexibility index (Phi) is 7.26. The number of piperidine rings is 1. The van der Waals surface area contributed by atoms with Crippen LogP contribution in [0.3, 0.4) is 0 Å². The maximum absolute atomic E-state index is 12.0. The summed E-state index contributed by atoms with van der Waals surface area (Å²) in [5.74, 6) is -0.734. The molecule has 27 heavy (non-hydrogen) atoms. The highest BCUT2D eigenvalue weighted by atomic mass is 35.5. The first-order valence-electron chi connectivity index (χ1n) is 9.15. The molecule has 144 valence electrons. The predicted octanol–water partition coefficient (Wildman–Crippen LogP) is 3.05.